The Morgan fingerprint density at radius 2 is 1.48 bits per heavy atom. The summed E-state index contributed by atoms with van der Waals surface area (Å²) in [6.07, 6.45) is 0.984. The van der Waals surface area contributed by atoms with Crippen molar-refractivity contribution in [1.82, 2.24) is 4.31 Å². The second kappa shape index (κ2) is 10.0. The number of anilines is 1. The number of amides is 1. The number of hydrogen-bond acceptors (Lipinski definition) is 6. The van der Waals surface area contributed by atoms with E-state index in [2.05, 4.69) is 0 Å². The summed E-state index contributed by atoms with van der Waals surface area (Å²) in [5.74, 6) is 1.41. The molecular formula is C24H32N2O6S. The van der Waals surface area contributed by atoms with Crippen LogP contribution in [0.3, 0.4) is 0 Å². The SMILES string of the molecule is COc1ccc(N(C)C(=O)c2ccc(OC)c(S(=O)(=O)N3CC(C)CC(C)C3)c2)cc1OC. The minimum absolute atomic E-state index is 0.00198. The van der Waals surface area contributed by atoms with Gasteiger partial charge in [-0.25, -0.2) is 8.42 Å². The summed E-state index contributed by atoms with van der Waals surface area (Å²) in [5.41, 5.74) is 0.821. The largest absolute Gasteiger partial charge is 0.495 e. The molecule has 1 aliphatic heterocycles. The Hall–Kier alpha value is -2.78. The molecule has 0 aliphatic carbocycles. The molecule has 33 heavy (non-hydrogen) atoms. The first kappa shape index (κ1) is 24.9. The molecule has 2 aromatic carbocycles. The van der Waals surface area contributed by atoms with Crippen LogP contribution in [-0.4, -0.2) is 60.1 Å². The number of rotatable bonds is 7. The van der Waals surface area contributed by atoms with E-state index in [4.69, 9.17) is 14.2 Å². The van der Waals surface area contributed by atoms with Gasteiger partial charge in [0.1, 0.15) is 10.6 Å². The van der Waals surface area contributed by atoms with E-state index in [1.54, 1.807) is 31.3 Å². The number of hydrogen-bond donors (Lipinski definition) is 0. The third kappa shape index (κ3) is 5.09. The molecule has 9 heteroatoms. The monoisotopic (exact) mass is 476 g/mol. The number of carbonyl (C=O) groups is 1. The van der Waals surface area contributed by atoms with Crippen molar-refractivity contribution in [3.05, 3.63) is 42.0 Å². The molecular weight excluding hydrogens is 444 g/mol. The summed E-state index contributed by atoms with van der Waals surface area (Å²) < 4.78 is 44.5. The maximum atomic E-state index is 13.5. The molecule has 3 rings (SSSR count). The van der Waals surface area contributed by atoms with Crippen molar-refractivity contribution in [3.8, 4) is 17.2 Å². The van der Waals surface area contributed by atoms with Crippen molar-refractivity contribution >= 4 is 21.6 Å². The quantitative estimate of drug-likeness (QED) is 0.606. The normalized spacial score (nSPS) is 19.1. The van der Waals surface area contributed by atoms with Crippen LogP contribution >= 0.6 is 0 Å². The van der Waals surface area contributed by atoms with Gasteiger partial charge in [0.05, 0.1) is 21.3 Å². The second-order valence-electron chi connectivity index (χ2n) is 8.54. The summed E-state index contributed by atoms with van der Waals surface area (Å²) in [6, 6.07) is 9.63. The molecule has 1 amide bonds. The van der Waals surface area contributed by atoms with Crippen molar-refractivity contribution in [3.63, 3.8) is 0 Å². The van der Waals surface area contributed by atoms with Gasteiger partial charge in [0.15, 0.2) is 11.5 Å². The standard InChI is InChI=1S/C24H32N2O6S/c1-16-11-17(2)15-26(14-16)33(28,29)23-12-18(7-9-21(23)31-5)24(27)25(3)19-8-10-20(30-4)22(13-19)32-6/h7-10,12-13,16-17H,11,14-15H2,1-6H3. The molecule has 1 aliphatic rings. The lowest BCUT2D eigenvalue weighted by Crippen LogP contribution is -2.42. The number of benzene rings is 2. The summed E-state index contributed by atoms with van der Waals surface area (Å²) in [7, 11) is 2.27. The van der Waals surface area contributed by atoms with Crippen molar-refractivity contribution in [2.45, 2.75) is 25.2 Å². The van der Waals surface area contributed by atoms with E-state index in [0.717, 1.165) is 6.42 Å². The van der Waals surface area contributed by atoms with Crippen LogP contribution in [0.5, 0.6) is 17.2 Å². The van der Waals surface area contributed by atoms with Crippen molar-refractivity contribution in [2.24, 2.45) is 11.8 Å². The van der Waals surface area contributed by atoms with Crippen LogP contribution in [0.2, 0.25) is 0 Å². The van der Waals surface area contributed by atoms with E-state index in [0.29, 0.717) is 30.3 Å². The van der Waals surface area contributed by atoms with Gasteiger partial charge in [-0.3, -0.25) is 4.79 Å². The van der Waals surface area contributed by atoms with Crippen LogP contribution < -0.4 is 19.1 Å². The zero-order chi connectivity index (χ0) is 24.3. The third-order valence-electron chi connectivity index (χ3n) is 5.92. The predicted molar refractivity (Wildman–Crippen MR) is 127 cm³/mol. The first-order valence-corrected chi connectivity index (χ1v) is 12.2. The van der Waals surface area contributed by atoms with Crippen LogP contribution in [0, 0.1) is 11.8 Å². The highest BCUT2D eigenvalue weighted by Gasteiger charge is 2.34. The van der Waals surface area contributed by atoms with Gasteiger partial charge in [0.25, 0.3) is 5.91 Å². The Balaban J connectivity index is 1.97. The minimum Gasteiger partial charge on any atom is -0.495 e. The molecule has 2 atom stereocenters. The molecule has 0 spiro atoms. The van der Waals surface area contributed by atoms with E-state index in [1.807, 2.05) is 13.8 Å². The van der Waals surface area contributed by atoms with Gasteiger partial charge in [-0.2, -0.15) is 4.31 Å². The third-order valence-corrected chi connectivity index (χ3v) is 7.78. The highest BCUT2D eigenvalue weighted by atomic mass is 32.2. The average molecular weight is 477 g/mol. The summed E-state index contributed by atoms with van der Waals surface area (Å²) in [5, 5.41) is 0. The highest BCUT2D eigenvalue weighted by Crippen LogP contribution is 2.34. The number of ether oxygens (including phenoxy) is 3. The molecule has 0 bridgehead atoms. The molecule has 1 fully saturated rings. The number of methoxy groups -OCH3 is 3. The molecule has 0 radical (unpaired) electrons. The molecule has 180 valence electrons. The number of piperidine rings is 1. The Morgan fingerprint density at radius 3 is 2.06 bits per heavy atom. The van der Waals surface area contributed by atoms with Gasteiger partial charge < -0.3 is 19.1 Å². The Bertz CT molecular complexity index is 1110. The zero-order valence-corrected chi connectivity index (χ0v) is 20.8. The summed E-state index contributed by atoms with van der Waals surface area (Å²) in [4.78, 5) is 14.7. The van der Waals surface area contributed by atoms with Gasteiger partial charge >= 0.3 is 0 Å². The second-order valence-corrected chi connectivity index (χ2v) is 10.4. The Kier molecular flexibility index (Phi) is 7.54. The lowest BCUT2D eigenvalue weighted by Gasteiger charge is -2.34. The molecule has 0 saturated carbocycles. The molecule has 2 aromatic rings. The average Bonchev–Trinajstić information content (AvgIpc) is 2.81. The van der Waals surface area contributed by atoms with Gasteiger partial charge in [-0.15, -0.1) is 0 Å². The molecule has 2 unspecified atom stereocenters. The van der Waals surface area contributed by atoms with Crippen LogP contribution in [-0.2, 0) is 10.0 Å². The Morgan fingerprint density at radius 1 is 0.909 bits per heavy atom. The number of sulfonamides is 1. The molecule has 1 heterocycles. The van der Waals surface area contributed by atoms with Gasteiger partial charge in [-0.1, -0.05) is 13.8 Å². The lowest BCUT2D eigenvalue weighted by atomic mass is 9.94. The van der Waals surface area contributed by atoms with Crippen LogP contribution in [0.1, 0.15) is 30.6 Å². The van der Waals surface area contributed by atoms with E-state index in [9.17, 15) is 13.2 Å². The summed E-state index contributed by atoms with van der Waals surface area (Å²) in [6.45, 7) is 4.99. The maximum Gasteiger partial charge on any atom is 0.258 e. The maximum absolute atomic E-state index is 13.5. The van der Waals surface area contributed by atoms with Gasteiger partial charge in [0.2, 0.25) is 10.0 Å². The van der Waals surface area contributed by atoms with E-state index in [-0.39, 0.29) is 34.0 Å². The fourth-order valence-electron chi connectivity index (χ4n) is 4.30. The highest BCUT2D eigenvalue weighted by molar-refractivity contribution is 7.89. The number of carbonyl (C=O) groups excluding carboxylic acids is 1. The lowest BCUT2D eigenvalue weighted by molar-refractivity contribution is 0.0992. The van der Waals surface area contributed by atoms with Crippen LogP contribution in [0.4, 0.5) is 5.69 Å². The van der Waals surface area contributed by atoms with E-state index in [1.165, 1.54) is 42.7 Å². The van der Waals surface area contributed by atoms with Crippen molar-refractivity contribution < 1.29 is 27.4 Å². The molecule has 1 saturated heterocycles. The molecule has 8 nitrogen and oxygen atoms in total. The van der Waals surface area contributed by atoms with Crippen LogP contribution in [0.15, 0.2) is 41.3 Å². The van der Waals surface area contributed by atoms with E-state index < -0.39 is 10.0 Å². The van der Waals surface area contributed by atoms with E-state index >= 15 is 0 Å². The predicted octanol–water partition coefficient (Wildman–Crippen LogP) is 3.66. The topological polar surface area (TPSA) is 85.4 Å². The fraction of sp³-hybridized carbons (Fsp3) is 0.458. The molecule has 0 aromatic heterocycles. The van der Waals surface area contributed by atoms with Crippen molar-refractivity contribution in [2.75, 3.05) is 46.4 Å². The zero-order valence-electron chi connectivity index (χ0n) is 20.0. The Labute approximate surface area is 196 Å². The first-order chi connectivity index (χ1) is 15.6. The first-order valence-electron chi connectivity index (χ1n) is 10.8. The van der Waals surface area contributed by atoms with Crippen LogP contribution in [0.25, 0.3) is 0 Å². The summed E-state index contributed by atoms with van der Waals surface area (Å²) >= 11 is 0. The molecule has 0 N–H and O–H groups in total. The van der Waals surface area contributed by atoms with Gasteiger partial charge in [-0.05, 0) is 48.6 Å². The smallest absolute Gasteiger partial charge is 0.258 e. The minimum atomic E-state index is -3.84. The van der Waals surface area contributed by atoms with Crippen molar-refractivity contribution in [1.29, 1.82) is 0 Å². The number of nitrogens with zero attached hydrogens (tertiary/aromatic N) is 2. The van der Waals surface area contributed by atoms with Gasteiger partial charge in [0, 0.05) is 37.5 Å². The fourth-order valence-corrected chi connectivity index (χ4v) is 6.16.